The average Bonchev–Trinajstić information content (AvgIpc) is 3.70. The second-order valence-electron chi connectivity index (χ2n) is 11.7. The lowest BCUT2D eigenvalue weighted by Gasteiger charge is -2.18. The van der Waals surface area contributed by atoms with Gasteiger partial charge in [-0.2, -0.15) is 0 Å². The third-order valence-electron chi connectivity index (χ3n) is 9.52. The molecule has 4 aliphatic rings. The first-order valence-electron chi connectivity index (χ1n) is 14.9. The predicted molar refractivity (Wildman–Crippen MR) is 167 cm³/mol. The van der Waals surface area contributed by atoms with Crippen molar-refractivity contribution in [3.8, 4) is 0 Å². The number of ketones is 1. The molecule has 7 nitrogen and oxygen atoms in total. The van der Waals surface area contributed by atoms with Crippen LogP contribution in [-0.4, -0.2) is 38.8 Å². The lowest BCUT2D eigenvalue weighted by atomic mass is 9.84. The smallest absolute Gasteiger partial charge is 0.321 e. The lowest BCUT2D eigenvalue weighted by Crippen LogP contribution is -2.21. The zero-order chi connectivity index (χ0) is 30.0. The molecule has 2 aromatic heterocycles. The normalized spacial score (nSPS) is 20.4. The van der Waals surface area contributed by atoms with Crippen LogP contribution >= 0.6 is 0 Å². The standard InChI is InChI=1S/C35H38N4O3/c1-9-12-22-18(6)25-13-23-16(4)20(10-2)27(36-23)14-24-17(5)21(11-3)28(37-24)15-26-19(7)29-33(39-26)30(32(22)38-25)31(34(29)40)35(41)42-8/h10,13-15,18,22,31,37-38H,2,9,11-12H2,1,3-8H3. The van der Waals surface area contributed by atoms with Crippen LogP contribution < -0.4 is 0 Å². The number of Topliss-reactive ketones (excluding diaryl/α,β-unsaturated/α-hetero) is 1. The Morgan fingerprint density at radius 3 is 2.40 bits per heavy atom. The number of esters is 1. The molecule has 0 aromatic carbocycles. The maximum atomic E-state index is 14.0. The molecule has 1 aliphatic carbocycles. The minimum atomic E-state index is -1.04. The molecule has 0 radical (unpaired) electrons. The number of carbonyl (C=O) groups excluding carboxylic acids is 2. The van der Waals surface area contributed by atoms with Crippen molar-refractivity contribution >= 4 is 45.1 Å². The summed E-state index contributed by atoms with van der Waals surface area (Å²) in [6.45, 7) is 16.7. The number of aromatic amines is 2. The van der Waals surface area contributed by atoms with Crippen molar-refractivity contribution in [2.24, 2.45) is 0 Å². The number of rotatable bonds is 5. The predicted octanol–water partition coefficient (Wildman–Crippen LogP) is 7.48. The van der Waals surface area contributed by atoms with E-state index >= 15 is 0 Å². The van der Waals surface area contributed by atoms with Crippen LogP contribution in [0.25, 0.3) is 33.3 Å². The molecule has 42 heavy (non-hydrogen) atoms. The molecule has 2 N–H and O–H groups in total. The van der Waals surface area contributed by atoms with Gasteiger partial charge in [-0.3, -0.25) is 9.59 Å². The number of hydrogen-bond donors (Lipinski definition) is 2. The van der Waals surface area contributed by atoms with Gasteiger partial charge in [0.2, 0.25) is 0 Å². The van der Waals surface area contributed by atoms with Crippen molar-refractivity contribution in [1.82, 2.24) is 19.9 Å². The van der Waals surface area contributed by atoms with Gasteiger partial charge in [0.25, 0.3) is 0 Å². The molecule has 3 unspecified atom stereocenters. The van der Waals surface area contributed by atoms with Crippen LogP contribution in [0.1, 0.15) is 116 Å². The minimum Gasteiger partial charge on any atom is -0.468 e. The first kappa shape index (κ1) is 27.9. The summed E-state index contributed by atoms with van der Waals surface area (Å²) in [5, 5.41) is 0. The summed E-state index contributed by atoms with van der Waals surface area (Å²) >= 11 is 0. The largest absolute Gasteiger partial charge is 0.468 e. The van der Waals surface area contributed by atoms with Crippen LogP contribution in [0, 0.1) is 6.92 Å². The summed E-state index contributed by atoms with van der Waals surface area (Å²) in [4.78, 5) is 44.6. The first-order valence-corrected chi connectivity index (χ1v) is 14.9. The molecule has 0 spiro atoms. The van der Waals surface area contributed by atoms with Crippen molar-refractivity contribution < 1.29 is 14.3 Å². The maximum Gasteiger partial charge on any atom is 0.321 e. The van der Waals surface area contributed by atoms with Crippen molar-refractivity contribution in [2.45, 2.75) is 78.6 Å². The Bertz CT molecular complexity index is 1830. The number of carbonyl (C=O) groups is 2. The molecule has 6 rings (SSSR count). The van der Waals surface area contributed by atoms with Crippen LogP contribution in [-0.2, 0) is 20.7 Å². The van der Waals surface area contributed by atoms with Gasteiger partial charge >= 0.3 is 5.97 Å². The fourth-order valence-electron chi connectivity index (χ4n) is 7.14. The number of hydrogen-bond acceptors (Lipinski definition) is 5. The Morgan fingerprint density at radius 2 is 1.74 bits per heavy atom. The summed E-state index contributed by atoms with van der Waals surface area (Å²) in [6, 6.07) is 6.26. The highest BCUT2D eigenvalue weighted by Crippen LogP contribution is 2.50. The van der Waals surface area contributed by atoms with E-state index in [1.807, 2.05) is 19.1 Å². The van der Waals surface area contributed by atoms with Gasteiger partial charge < -0.3 is 14.7 Å². The monoisotopic (exact) mass is 562 g/mol. The fraction of sp³-hybridized carbons (Fsp3) is 0.371. The molecule has 7 heteroatoms. The second kappa shape index (κ2) is 10.2. The molecule has 0 saturated carbocycles. The molecule has 0 fully saturated rings. The molecule has 0 saturated heterocycles. The van der Waals surface area contributed by atoms with E-state index in [4.69, 9.17) is 14.7 Å². The van der Waals surface area contributed by atoms with E-state index < -0.39 is 11.9 Å². The van der Waals surface area contributed by atoms with Crippen molar-refractivity contribution in [1.29, 1.82) is 0 Å². The summed E-state index contributed by atoms with van der Waals surface area (Å²) in [6.07, 6.45) is 4.56. The van der Waals surface area contributed by atoms with Crippen molar-refractivity contribution in [2.75, 3.05) is 7.11 Å². The van der Waals surface area contributed by atoms with Gasteiger partial charge in [0, 0.05) is 51.0 Å². The zero-order valence-electron chi connectivity index (χ0n) is 25.5. The van der Waals surface area contributed by atoms with E-state index in [-0.39, 0.29) is 17.6 Å². The molecule has 8 bridgehead atoms. The van der Waals surface area contributed by atoms with E-state index in [2.05, 4.69) is 63.3 Å². The fourth-order valence-corrected chi connectivity index (χ4v) is 7.14. The highest BCUT2D eigenvalue weighted by molar-refractivity contribution is 6.38. The molecule has 5 heterocycles. The van der Waals surface area contributed by atoms with Gasteiger partial charge in [0.05, 0.1) is 29.9 Å². The van der Waals surface area contributed by atoms with E-state index in [1.165, 1.54) is 12.7 Å². The topological polar surface area (TPSA) is 101 Å². The van der Waals surface area contributed by atoms with E-state index in [9.17, 15) is 9.59 Å². The number of allylic oxidation sites excluding steroid dienone is 5. The van der Waals surface area contributed by atoms with Crippen LogP contribution in [0.15, 0.2) is 30.9 Å². The summed E-state index contributed by atoms with van der Waals surface area (Å²) in [5.41, 5.74) is 13.3. The van der Waals surface area contributed by atoms with Gasteiger partial charge in [-0.15, -0.1) is 0 Å². The maximum absolute atomic E-state index is 14.0. The first-order chi connectivity index (χ1) is 20.1. The number of nitrogens with zero attached hydrogens (tertiary/aromatic N) is 2. The Labute approximate surface area is 246 Å². The Hall–Kier alpha value is -4.26. The summed E-state index contributed by atoms with van der Waals surface area (Å²) < 4.78 is 5.19. The molecule has 3 atom stereocenters. The molecule has 216 valence electrons. The van der Waals surface area contributed by atoms with E-state index in [0.29, 0.717) is 16.8 Å². The van der Waals surface area contributed by atoms with Crippen LogP contribution in [0.5, 0.6) is 0 Å². The Balaban J connectivity index is 1.83. The third-order valence-corrected chi connectivity index (χ3v) is 9.52. The number of ether oxygens (including phenoxy) is 1. The number of methoxy groups -OCH3 is 1. The van der Waals surface area contributed by atoms with Gasteiger partial charge in [0.15, 0.2) is 5.78 Å². The summed E-state index contributed by atoms with van der Waals surface area (Å²) in [5.74, 6) is -1.62. The number of aryl methyl sites for hydroxylation is 2. The highest BCUT2D eigenvalue weighted by atomic mass is 16.5. The molecule has 3 aliphatic heterocycles. The zero-order valence-corrected chi connectivity index (χ0v) is 25.5. The lowest BCUT2D eigenvalue weighted by molar-refractivity contribution is -0.144. The van der Waals surface area contributed by atoms with Gasteiger partial charge in [-0.05, 0) is 74.1 Å². The van der Waals surface area contributed by atoms with Gasteiger partial charge in [-0.1, -0.05) is 39.8 Å². The Morgan fingerprint density at radius 1 is 1.02 bits per heavy atom. The summed E-state index contributed by atoms with van der Waals surface area (Å²) in [7, 11) is 1.34. The SMILES string of the molecule is C=CC1=C(C)c2cc3[nH]c(c4c5nc(cc6[nH]c(cc1n2)c(C)c6CC)C(C)=C5C(=O)C4C(=O)OC)C(CCC)C3C. The van der Waals surface area contributed by atoms with Crippen LogP contribution in [0.3, 0.4) is 0 Å². The Kier molecular flexibility index (Phi) is 6.79. The highest BCUT2D eigenvalue weighted by Gasteiger charge is 2.48. The molecular formula is C35H38N4O3. The van der Waals surface area contributed by atoms with E-state index in [0.717, 1.165) is 81.0 Å². The van der Waals surface area contributed by atoms with Crippen LogP contribution in [0.2, 0.25) is 0 Å². The number of H-pyrrole nitrogens is 2. The average molecular weight is 563 g/mol. The van der Waals surface area contributed by atoms with Crippen molar-refractivity contribution in [3.05, 3.63) is 81.7 Å². The van der Waals surface area contributed by atoms with Crippen molar-refractivity contribution in [3.63, 3.8) is 0 Å². The quantitative estimate of drug-likeness (QED) is 0.291. The third kappa shape index (κ3) is 3.93. The molecule has 0 amide bonds. The molecular weight excluding hydrogens is 524 g/mol. The van der Waals surface area contributed by atoms with Gasteiger partial charge in [0.1, 0.15) is 5.92 Å². The van der Waals surface area contributed by atoms with Gasteiger partial charge in [-0.25, -0.2) is 9.97 Å². The second-order valence-corrected chi connectivity index (χ2v) is 11.7. The van der Waals surface area contributed by atoms with E-state index in [1.54, 1.807) is 0 Å². The number of nitrogens with one attached hydrogen (secondary N) is 2. The number of fused-ring (bicyclic) bond motifs is 8. The minimum absolute atomic E-state index is 0.0855. The van der Waals surface area contributed by atoms with Crippen LogP contribution in [0.4, 0.5) is 0 Å². The number of aromatic nitrogens is 4. The molecule has 2 aromatic rings.